The van der Waals surface area contributed by atoms with E-state index in [2.05, 4.69) is 10.6 Å². The van der Waals surface area contributed by atoms with Gasteiger partial charge in [-0.1, -0.05) is 0 Å². The number of hydrogen-bond donors (Lipinski definition) is 7. The number of aliphatic hydroxyl groups excluding tert-OH is 1. The Morgan fingerprint density at radius 2 is 1.56 bits per heavy atom. The first-order chi connectivity index (χ1) is 11.7. The number of aliphatic hydroxyl groups is 1. The van der Waals surface area contributed by atoms with Crippen LogP contribution in [0.15, 0.2) is 0 Å². The van der Waals surface area contributed by atoms with Gasteiger partial charge in [-0.2, -0.15) is 0 Å². The van der Waals surface area contributed by atoms with Crippen molar-refractivity contribution in [3.05, 3.63) is 0 Å². The fourth-order valence-corrected chi connectivity index (χ4v) is 1.94. The first-order valence-electron chi connectivity index (χ1n) is 7.91. The Balaban J connectivity index is 4.93. The molecule has 0 aliphatic rings. The smallest absolute Gasteiger partial charge is 0.326 e. The van der Waals surface area contributed by atoms with Crippen molar-refractivity contribution >= 4 is 23.7 Å². The van der Waals surface area contributed by atoms with Crippen LogP contribution in [0, 0.1) is 0 Å². The number of primary amides is 1. The van der Waals surface area contributed by atoms with Crippen LogP contribution in [0.3, 0.4) is 0 Å². The molecule has 11 nitrogen and oxygen atoms in total. The predicted octanol–water partition coefficient (Wildman–Crippen LogP) is -3.25. The quantitative estimate of drug-likeness (QED) is 0.165. The minimum atomic E-state index is -1.33. The van der Waals surface area contributed by atoms with Crippen molar-refractivity contribution in [2.75, 3.05) is 13.2 Å². The molecule has 0 heterocycles. The summed E-state index contributed by atoms with van der Waals surface area (Å²) in [7, 11) is 0. The van der Waals surface area contributed by atoms with Crippen LogP contribution in [-0.4, -0.2) is 65.2 Å². The van der Waals surface area contributed by atoms with Crippen molar-refractivity contribution < 1.29 is 29.4 Å². The van der Waals surface area contributed by atoms with Crippen molar-refractivity contribution in [2.24, 2.45) is 17.2 Å². The number of unbranched alkanes of at least 4 members (excludes halogenated alkanes) is 1. The molecule has 0 bridgehead atoms. The highest BCUT2D eigenvalue weighted by molar-refractivity contribution is 5.91. The molecule has 25 heavy (non-hydrogen) atoms. The summed E-state index contributed by atoms with van der Waals surface area (Å²) in [5.74, 6) is -3.48. The van der Waals surface area contributed by atoms with Gasteiger partial charge in [-0.3, -0.25) is 14.4 Å². The van der Waals surface area contributed by atoms with Gasteiger partial charge in [0.25, 0.3) is 0 Å². The average Bonchev–Trinajstić information content (AvgIpc) is 2.56. The topological polar surface area (TPSA) is 211 Å². The Morgan fingerprint density at radius 3 is 2.04 bits per heavy atom. The molecule has 0 saturated heterocycles. The van der Waals surface area contributed by atoms with E-state index in [-0.39, 0.29) is 19.3 Å². The Labute approximate surface area is 145 Å². The van der Waals surface area contributed by atoms with E-state index in [1.807, 2.05) is 0 Å². The molecule has 0 aromatic carbocycles. The van der Waals surface area contributed by atoms with Gasteiger partial charge in [-0.15, -0.1) is 0 Å². The maximum absolute atomic E-state index is 12.3. The van der Waals surface area contributed by atoms with Crippen LogP contribution in [0.2, 0.25) is 0 Å². The van der Waals surface area contributed by atoms with Gasteiger partial charge in [0.05, 0.1) is 6.61 Å². The highest BCUT2D eigenvalue weighted by Crippen LogP contribution is 2.04. The number of carboxylic acids is 1. The zero-order valence-corrected chi connectivity index (χ0v) is 13.9. The molecular weight excluding hydrogens is 334 g/mol. The van der Waals surface area contributed by atoms with E-state index < -0.39 is 48.4 Å². The second-order valence-electron chi connectivity index (χ2n) is 5.54. The first-order valence-corrected chi connectivity index (χ1v) is 7.91. The molecule has 0 rings (SSSR count). The molecule has 10 N–H and O–H groups in total. The molecule has 0 aromatic rings. The lowest BCUT2D eigenvalue weighted by molar-refractivity contribution is -0.142. The number of aliphatic carboxylic acids is 1. The highest BCUT2D eigenvalue weighted by Gasteiger charge is 2.27. The molecule has 0 aromatic heterocycles. The van der Waals surface area contributed by atoms with Gasteiger partial charge in [0, 0.05) is 6.42 Å². The summed E-state index contributed by atoms with van der Waals surface area (Å²) >= 11 is 0. The van der Waals surface area contributed by atoms with E-state index >= 15 is 0 Å². The maximum atomic E-state index is 12.3. The van der Waals surface area contributed by atoms with E-state index in [1.54, 1.807) is 0 Å². The van der Waals surface area contributed by atoms with Crippen LogP contribution >= 0.6 is 0 Å². The zero-order chi connectivity index (χ0) is 19.4. The lowest BCUT2D eigenvalue weighted by Gasteiger charge is -2.22. The fraction of sp³-hybridized carbons (Fsp3) is 0.714. The van der Waals surface area contributed by atoms with Crippen LogP contribution in [0.1, 0.15) is 32.1 Å². The van der Waals surface area contributed by atoms with Gasteiger partial charge in [-0.25, -0.2) is 4.79 Å². The highest BCUT2D eigenvalue weighted by atomic mass is 16.4. The number of hydrogen-bond acceptors (Lipinski definition) is 7. The SMILES string of the molecule is NCCCCC(NC(=O)C(N)CO)C(=O)NC(CCC(N)=O)C(=O)O. The van der Waals surface area contributed by atoms with Crippen LogP contribution in [0.5, 0.6) is 0 Å². The summed E-state index contributed by atoms with van der Waals surface area (Å²) < 4.78 is 0. The number of carbonyl (C=O) groups is 4. The molecule has 0 aliphatic carbocycles. The van der Waals surface area contributed by atoms with Crippen molar-refractivity contribution in [1.29, 1.82) is 0 Å². The third-order valence-electron chi connectivity index (χ3n) is 3.41. The largest absolute Gasteiger partial charge is 0.480 e. The van der Waals surface area contributed by atoms with Crippen molar-refractivity contribution in [1.82, 2.24) is 10.6 Å². The van der Waals surface area contributed by atoms with Crippen LogP contribution < -0.4 is 27.8 Å². The van der Waals surface area contributed by atoms with Crippen LogP contribution in [-0.2, 0) is 19.2 Å². The Bertz CT molecular complexity index is 473. The lowest BCUT2D eigenvalue weighted by Crippen LogP contribution is -2.55. The lowest BCUT2D eigenvalue weighted by atomic mass is 10.1. The molecule has 0 spiro atoms. The molecule has 0 radical (unpaired) electrons. The van der Waals surface area contributed by atoms with Crippen LogP contribution in [0.25, 0.3) is 0 Å². The van der Waals surface area contributed by atoms with E-state index in [4.69, 9.17) is 27.4 Å². The summed E-state index contributed by atoms with van der Waals surface area (Å²) in [5, 5.41) is 22.6. The van der Waals surface area contributed by atoms with Crippen molar-refractivity contribution in [3.8, 4) is 0 Å². The third kappa shape index (κ3) is 9.59. The molecule has 144 valence electrons. The van der Waals surface area contributed by atoms with E-state index in [0.29, 0.717) is 19.4 Å². The van der Waals surface area contributed by atoms with Gasteiger partial charge >= 0.3 is 5.97 Å². The van der Waals surface area contributed by atoms with Crippen molar-refractivity contribution in [2.45, 2.75) is 50.2 Å². The third-order valence-corrected chi connectivity index (χ3v) is 3.41. The summed E-state index contributed by atoms with van der Waals surface area (Å²) in [6.07, 6.45) is 0.958. The minimum Gasteiger partial charge on any atom is -0.480 e. The normalized spacial score (nSPS) is 14.2. The number of rotatable bonds is 13. The monoisotopic (exact) mass is 361 g/mol. The van der Waals surface area contributed by atoms with Gasteiger partial charge < -0.3 is 38.0 Å². The molecule has 11 heteroatoms. The number of carboxylic acid groups (broad SMARTS) is 1. The molecule has 3 atom stereocenters. The summed E-state index contributed by atoms with van der Waals surface area (Å²) in [6, 6.07) is -3.55. The van der Waals surface area contributed by atoms with Crippen molar-refractivity contribution in [3.63, 3.8) is 0 Å². The standard InChI is InChI=1S/C14H27N5O6/c15-6-2-1-3-9(18-12(22)8(16)7-20)13(23)19-10(14(24)25)4-5-11(17)21/h8-10,20H,1-7,15-16H2,(H2,17,21)(H,18,22)(H,19,23)(H,24,25). The zero-order valence-electron chi connectivity index (χ0n) is 13.9. The molecule has 0 saturated carbocycles. The summed E-state index contributed by atoms with van der Waals surface area (Å²) in [5.41, 5.74) is 15.8. The second-order valence-corrected chi connectivity index (χ2v) is 5.54. The maximum Gasteiger partial charge on any atom is 0.326 e. The predicted molar refractivity (Wildman–Crippen MR) is 87.9 cm³/mol. The molecule has 0 aliphatic heterocycles. The summed E-state index contributed by atoms with van der Waals surface area (Å²) in [4.78, 5) is 46.0. The molecule has 0 fully saturated rings. The Hall–Kier alpha value is -2.24. The number of nitrogens with one attached hydrogen (secondary N) is 2. The van der Waals surface area contributed by atoms with Gasteiger partial charge in [0.1, 0.15) is 18.1 Å². The van der Waals surface area contributed by atoms with Gasteiger partial charge in [-0.05, 0) is 32.2 Å². The van der Waals surface area contributed by atoms with E-state index in [0.717, 1.165) is 0 Å². The van der Waals surface area contributed by atoms with Crippen LogP contribution in [0.4, 0.5) is 0 Å². The Morgan fingerprint density at radius 1 is 0.960 bits per heavy atom. The fourth-order valence-electron chi connectivity index (χ4n) is 1.94. The molecule has 3 amide bonds. The Kier molecular flexibility index (Phi) is 11.1. The number of carbonyl (C=O) groups excluding carboxylic acids is 3. The minimum absolute atomic E-state index is 0.171. The summed E-state index contributed by atoms with van der Waals surface area (Å²) in [6.45, 7) is -0.200. The number of nitrogens with two attached hydrogens (primary N) is 3. The average molecular weight is 361 g/mol. The molecular formula is C14H27N5O6. The van der Waals surface area contributed by atoms with E-state index in [1.165, 1.54) is 0 Å². The molecule has 3 unspecified atom stereocenters. The van der Waals surface area contributed by atoms with Gasteiger partial charge in [0.2, 0.25) is 17.7 Å². The van der Waals surface area contributed by atoms with Gasteiger partial charge in [0.15, 0.2) is 0 Å². The number of amides is 3. The second kappa shape index (κ2) is 12.2. The van der Waals surface area contributed by atoms with E-state index in [9.17, 15) is 19.2 Å². The first kappa shape index (κ1) is 22.8.